The number of rotatable bonds is 4. The Balaban J connectivity index is 1.63. The molecule has 3 aromatic rings. The molecule has 0 aromatic heterocycles. The number of amides is 2. The third-order valence-corrected chi connectivity index (χ3v) is 8.03. The second-order valence-electron chi connectivity index (χ2n) is 7.83. The lowest BCUT2D eigenvalue weighted by Crippen LogP contribution is -2.50. The second-order valence-corrected chi connectivity index (χ2v) is 9.96. The number of thioether (sulfide) groups is 1. The predicted octanol–water partition coefficient (Wildman–Crippen LogP) is 5.59. The Labute approximate surface area is 206 Å². The first kappa shape index (κ1) is 22.1. The van der Waals surface area contributed by atoms with Gasteiger partial charge in [0, 0.05) is 33.5 Å². The SMILES string of the molecule is COc1ccc2c(c1)C1(SCCN1C(=O)c1cccc(Cl)c1)C(=O)N2Cc1ccccc1Cl. The molecule has 0 bridgehead atoms. The summed E-state index contributed by atoms with van der Waals surface area (Å²) in [6.07, 6.45) is 0. The van der Waals surface area contributed by atoms with Crippen molar-refractivity contribution in [3.63, 3.8) is 0 Å². The van der Waals surface area contributed by atoms with Crippen molar-refractivity contribution in [3.05, 3.63) is 93.5 Å². The predicted molar refractivity (Wildman–Crippen MR) is 132 cm³/mol. The molecule has 5 nitrogen and oxygen atoms in total. The maximum atomic E-state index is 14.1. The summed E-state index contributed by atoms with van der Waals surface area (Å²) >= 11 is 14.0. The molecular weight excluding hydrogens is 479 g/mol. The van der Waals surface area contributed by atoms with E-state index in [2.05, 4.69) is 0 Å². The van der Waals surface area contributed by atoms with Crippen LogP contribution in [0.25, 0.3) is 0 Å². The zero-order valence-electron chi connectivity index (χ0n) is 17.8. The molecule has 33 heavy (non-hydrogen) atoms. The number of carbonyl (C=O) groups is 2. The third kappa shape index (κ3) is 3.57. The van der Waals surface area contributed by atoms with E-state index >= 15 is 0 Å². The first-order valence-electron chi connectivity index (χ1n) is 10.4. The van der Waals surface area contributed by atoms with Crippen LogP contribution in [0.3, 0.4) is 0 Å². The normalized spacial score (nSPS) is 19.3. The van der Waals surface area contributed by atoms with Crippen molar-refractivity contribution in [2.24, 2.45) is 0 Å². The number of fused-ring (bicyclic) bond motifs is 2. The number of benzene rings is 3. The minimum Gasteiger partial charge on any atom is -0.497 e. The van der Waals surface area contributed by atoms with E-state index in [0.29, 0.717) is 40.2 Å². The van der Waals surface area contributed by atoms with Crippen LogP contribution in [0.4, 0.5) is 5.69 Å². The van der Waals surface area contributed by atoms with Gasteiger partial charge in [0.1, 0.15) is 5.75 Å². The van der Waals surface area contributed by atoms with E-state index in [1.54, 1.807) is 47.2 Å². The molecule has 2 heterocycles. The molecule has 0 aliphatic carbocycles. The summed E-state index contributed by atoms with van der Waals surface area (Å²) in [4.78, 5) is 29.9. The fourth-order valence-corrected chi connectivity index (χ4v) is 6.29. The molecule has 5 rings (SSSR count). The Morgan fingerprint density at radius 1 is 1.09 bits per heavy atom. The number of carbonyl (C=O) groups excluding carboxylic acids is 2. The summed E-state index contributed by atoms with van der Waals surface area (Å²) < 4.78 is 5.47. The molecule has 1 saturated heterocycles. The van der Waals surface area contributed by atoms with Gasteiger partial charge in [-0.2, -0.15) is 0 Å². The molecule has 0 radical (unpaired) electrons. The molecule has 0 N–H and O–H groups in total. The smallest absolute Gasteiger partial charge is 0.268 e. The maximum Gasteiger partial charge on any atom is 0.268 e. The first-order chi connectivity index (χ1) is 16.0. The average Bonchev–Trinajstić information content (AvgIpc) is 3.36. The van der Waals surface area contributed by atoms with Gasteiger partial charge in [0.15, 0.2) is 4.87 Å². The van der Waals surface area contributed by atoms with E-state index < -0.39 is 4.87 Å². The summed E-state index contributed by atoms with van der Waals surface area (Å²) in [6, 6.07) is 19.8. The van der Waals surface area contributed by atoms with Gasteiger partial charge in [-0.1, -0.05) is 47.5 Å². The molecule has 2 amide bonds. The lowest BCUT2D eigenvalue weighted by Gasteiger charge is -2.33. The van der Waals surface area contributed by atoms with Crippen molar-refractivity contribution in [2.45, 2.75) is 11.4 Å². The molecule has 1 spiro atoms. The van der Waals surface area contributed by atoms with Gasteiger partial charge in [-0.3, -0.25) is 9.59 Å². The van der Waals surface area contributed by atoms with Crippen molar-refractivity contribution in [3.8, 4) is 5.75 Å². The molecule has 2 aliphatic rings. The van der Waals surface area contributed by atoms with Gasteiger partial charge in [0.05, 0.1) is 19.3 Å². The van der Waals surface area contributed by atoms with E-state index in [4.69, 9.17) is 27.9 Å². The van der Waals surface area contributed by atoms with Gasteiger partial charge < -0.3 is 14.5 Å². The van der Waals surface area contributed by atoms with Crippen molar-refractivity contribution in [2.75, 3.05) is 24.3 Å². The number of halogens is 2. The number of methoxy groups -OCH3 is 1. The highest BCUT2D eigenvalue weighted by atomic mass is 35.5. The lowest BCUT2D eigenvalue weighted by atomic mass is 10.0. The van der Waals surface area contributed by atoms with Crippen LogP contribution in [-0.2, 0) is 16.2 Å². The van der Waals surface area contributed by atoms with Gasteiger partial charge in [-0.05, 0) is 48.0 Å². The molecule has 168 valence electrons. The van der Waals surface area contributed by atoms with Crippen molar-refractivity contribution in [1.82, 2.24) is 4.90 Å². The van der Waals surface area contributed by atoms with E-state index in [-0.39, 0.29) is 11.8 Å². The number of hydrogen-bond donors (Lipinski definition) is 0. The first-order valence-corrected chi connectivity index (χ1v) is 12.2. The Kier molecular flexibility index (Phi) is 5.77. The zero-order valence-corrected chi connectivity index (χ0v) is 20.1. The Hall–Kier alpha value is -2.67. The molecule has 8 heteroatoms. The van der Waals surface area contributed by atoms with Crippen LogP contribution < -0.4 is 9.64 Å². The van der Waals surface area contributed by atoms with E-state index in [0.717, 1.165) is 16.8 Å². The van der Waals surface area contributed by atoms with Crippen LogP contribution in [-0.4, -0.2) is 36.1 Å². The van der Waals surface area contributed by atoms with Crippen LogP contribution in [0.1, 0.15) is 21.5 Å². The second kappa shape index (κ2) is 8.60. The molecular formula is C25H20Cl2N2O3S. The highest BCUT2D eigenvalue weighted by Crippen LogP contribution is 2.55. The number of anilines is 1. The van der Waals surface area contributed by atoms with Crippen LogP contribution in [0, 0.1) is 0 Å². The van der Waals surface area contributed by atoms with E-state index in [9.17, 15) is 9.59 Å². The fraction of sp³-hybridized carbons (Fsp3) is 0.200. The summed E-state index contributed by atoms with van der Waals surface area (Å²) in [5.74, 6) is 0.866. The van der Waals surface area contributed by atoms with Gasteiger partial charge >= 0.3 is 0 Å². The van der Waals surface area contributed by atoms with Crippen LogP contribution in [0.15, 0.2) is 66.7 Å². The number of ether oxygens (including phenoxy) is 1. The summed E-state index contributed by atoms with van der Waals surface area (Å²) in [7, 11) is 1.59. The van der Waals surface area contributed by atoms with Crippen LogP contribution in [0.5, 0.6) is 5.75 Å². The Morgan fingerprint density at radius 2 is 1.91 bits per heavy atom. The van der Waals surface area contributed by atoms with E-state index in [1.165, 1.54) is 11.8 Å². The summed E-state index contributed by atoms with van der Waals surface area (Å²) in [5.41, 5.74) is 2.78. The quantitative estimate of drug-likeness (QED) is 0.470. The minimum absolute atomic E-state index is 0.163. The Morgan fingerprint density at radius 3 is 2.67 bits per heavy atom. The molecule has 1 unspecified atom stereocenters. The largest absolute Gasteiger partial charge is 0.497 e. The van der Waals surface area contributed by atoms with Crippen molar-refractivity contribution < 1.29 is 14.3 Å². The molecule has 1 fully saturated rings. The number of hydrogen-bond acceptors (Lipinski definition) is 4. The van der Waals surface area contributed by atoms with Gasteiger partial charge in [0.25, 0.3) is 11.8 Å². The highest BCUT2D eigenvalue weighted by Gasteiger charge is 2.59. The number of nitrogens with zero attached hydrogens (tertiary/aromatic N) is 2. The third-order valence-electron chi connectivity index (χ3n) is 6.00. The molecule has 0 saturated carbocycles. The van der Waals surface area contributed by atoms with Crippen molar-refractivity contribution >= 4 is 52.5 Å². The average molecular weight is 499 g/mol. The van der Waals surface area contributed by atoms with Gasteiger partial charge in [-0.15, -0.1) is 11.8 Å². The molecule has 3 aromatic carbocycles. The van der Waals surface area contributed by atoms with E-state index in [1.807, 2.05) is 36.4 Å². The molecule has 1 atom stereocenters. The minimum atomic E-state index is -1.18. The Bertz CT molecular complexity index is 1270. The van der Waals surface area contributed by atoms with Gasteiger partial charge in [0.2, 0.25) is 0 Å². The lowest BCUT2D eigenvalue weighted by molar-refractivity contribution is -0.123. The van der Waals surface area contributed by atoms with Crippen LogP contribution in [0.2, 0.25) is 10.0 Å². The summed E-state index contributed by atoms with van der Waals surface area (Å²) in [6.45, 7) is 0.748. The maximum absolute atomic E-state index is 14.1. The molecule has 2 aliphatic heterocycles. The van der Waals surface area contributed by atoms with Crippen LogP contribution >= 0.6 is 35.0 Å². The zero-order chi connectivity index (χ0) is 23.2. The standard InChI is InChI=1S/C25H20Cl2N2O3S/c1-32-19-9-10-22-20(14-19)25(24(31)28(22)15-17-5-2-3-8-21(17)27)29(11-12-33-25)23(30)16-6-4-7-18(26)13-16/h2-10,13-14H,11-12,15H2,1H3. The van der Waals surface area contributed by atoms with Gasteiger partial charge in [-0.25, -0.2) is 0 Å². The topological polar surface area (TPSA) is 49.9 Å². The van der Waals surface area contributed by atoms with Crippen molar-refractivity contribution in [1.29, 1.82) is 0 Å². The summed E-state index contributed by atoms with van der Waals surface area (Å²) in [5, 5.41) is 1.06. The fourth-order valence-electron chi connectivity index (χ4n) is 4.45. The highest BCUT2D eigenvalue weighted by molar-refractivity contribution is 8.01. The monoisotopic (exact) mass is 498 g/mol.